The van der Waals surface area contributed by atoms with Gasteiger partial charge in [0.1, 0.15) is 5.82 Å². The molecule has 1 N–H and O–H groups in total. The van der Waals surface area contributed by atoms with E-state index in [1.54, 1.807) is 30.3 Å². The molecule has 4 aromatic carbocycles. The van der Waals surface area contributed by atoms with Gasteiger partial charge in [0.05, 0.1) is 15.7 Å². The molecule has 0 amide bonds. The molecular formula is C30H27N2O3PS. The summed E-state index contributed by atoms with van der Waals surface area (Å²) in [6.07, 6.45) is 1.70. The predicted molar refractivity (Wildman–Crippen MR) is 154 cm³/mol. The van der Waals surface area contributed by atoms with Crippen molar-refractivity contribution in [3.05, 3.63) is 127 Å². The van der Waals surface area contributed by atoms with Crippen LogP contribution in [0.2, 0.25) is 0 Å². The average Bonchev–Trinajstić information content (AvgIpc) is 3.22. The van der Waals surface area contributed by atoms with Gasteiger partial charge in [-0.2, -0.15) is 0 Å². The minimum absolute atomic E-state index is 0.133. The molecule has 0 radical (unpaired) electrons. The Morgan fingerprint density at radius 2 is 1.35 bits per heavy atom. The number of nitrogens with one attached hydrogen (secondary N) is 1. The molecule has 0 aliphatic heterocycles. The van der Waals surface area contributed by atoms with Gasteiger partial charge in [-0.15, -0.1) is 6.58 Å². The summed E-state index contributed by atoms with van der Waals surface area (Å²) in [6.45, 7) is 6.12. The molecular weight excluding hydrogens is 499 g/mol. The lowest BCUT2D eigenvalue weighted by atomic mass is 10.2. The second-order valence-corrected chi connectivity index (χ2v) is 13.2. The third-order valence-corrected chi connectivity index (χ3v) is 10.9. The monoisotopic (exact) mass is 526 g/mol. The lowest BCUT2D eigenvalue weighted by molar-refractivity contribution is 0.592. The van der Waals surface area contributed by atoms with Crippen molar-refractivity contribution in [2.24, 2.45) is 0 Å². The molecule has 0 aliphatic carbocycles. The predicted octanol–water partition coefficient (Wildman–Crippen LogP) is 5.58. The number of nitrogens with zero attached hydrogens (tertiary/aromatic N) is 1. The maximum absolute atomic E-state index is 15.5. The molecule has 0 aliphatic rings. The van der Waals surface area contributed by atoms with Gasteiger partial charge < -0.3 is 9.13 Å². The van der Waals surface area contributed by atoms with Crippen molar-refractivity contribution in [3.8, 4) is 0 Å². The Labute approximate surface area is 217 Å². The lowest BCUT2D eigenvalue weighted by Gasteiger charge is -2.22. The van der Waals surface area contributed by atoms with Crippen molar-refractivity contribution < 1.29 is 13.0 Å². The molecule has 0 bridgehead atoms. The van der Waals surface area contributed by atoms with Crippen LogP contribution >= 0.6 is 7.14 Å². The van der Waals surface area contributed by atoms with Crippen LogP contribution in [0.1, 0.15) is 5.56 Å². The summed E-state index contributed by atoms with van der Waals surface area (Å²) < 4.78 is 47.4. The largest absolute Gasteiger partial charge is 0.322 e. The fraction of sp³-hybridized carbons (Fsp3) is 0.0667. The molecule has 5 aromatic rings. The Hall–Kier alpha value is -3.86. The molecule has 37 heavy (non-hydrogen) atoms. The van der Waals surface area contributed by atoms with Crippen LogP contribution in [0.4, 0.5) is 5.82 Å². The number of rotatable bonds is 8. The third kappa shape index (κ3) is 4.43. The van der Waals surface area contributed by atoms with Gasteiger partial charge in [0.15, 0.2) is 7.14 Å². The number of anilines is 1. The van der Waals surface area contributed by atoms with Crippen molar-refractivity contribution in [3.63, 3.8) is 0 Å². The molecule has 0 atom stereocenters. The summed E-state index contributed by atoms with van der Waals surface area (Å²) in [4.78, 5) is 0.133. The summed E-state index contributed by atoms with van der Waals surface area (Å²) in [7, 11) is -7.52. The van der Waals surface area contributed by atoms with Crippen molar-refractivity contribution in [1.82, 2.24) is 4.57 Å². The summed E-state index contributed by atoms with van der Waals surface area (Å²) in [6, 6.07) is 32.7. The Balaban J connectivity index is 1.87. The molecule has 0 saturated carbocycles. The maximum Gasteiger partial charge on any atom is 0.263 e. The van der Waals surface area contributed by atoms with Gasteiger partial charge >= 0.3 is 0 Å². The van der Waals surface area contributed by atoms with Crippen LogP contribution in [-0.2, 0) is 21.1 Å². The van der Waals surface area contributed by atoms with Gasteiger partial charge in [-0.05, 0) is 25.1 Å². The van der Waals surface area contributed by atoms with Crippen molar-refractivity contribution in [2.75, 3.05) is 4.72 Å². The number of fused-ring (bicyclic) bond motifs is 1. The highest BCUT2D eigenvalue weighted by atomic mass is 32.2. The van der Waals surface area contributed by atoms with Crippen molar-refractivity contribution in [1.29, 1.82) is 0 Å². The SMILES string of the molecule is C=CCn1c(NS(=O)(=O)c2ccc(C)cc2)c(P(=O)(c2ccccc2)c2ccccc2)c2ccccc21. The fourth-order valence-corrected chi connectivity index (χ4v) is 8.77. The molecule has 7 heteroatoms. The van der Waals surface area contributed by atoms with Gasteiger partial charge in [-0.25, -0.2) is 8.42 Å². The van der Waals surface area contributed by atoms with Gasteiger partial charge in [0, 0.05) is 22.5 Å². The van der Waals surface area contributed by atoms with Crippen LogP contribution in [0.15, 0.2) is 127 Å². The first-order valence-electron chi connectivity index (χ1n) is 11.9. The van der Waals surface area contributed by atoms with E-state index in [0.717, 1.165) is 16.5 Å². The minimum atomic E-state index is -3.99. The highest BCUT2D eigenvalue weighted by Crippen LogP contribution is 2.48. The Morgan fingerprint density at radius 1 is 0.811 bits per heavy atom. The molecule has 186 valence electrons. The van der Waals surface area contributed by atoms with Gasteiger partial charge in [0.2, 0.25) is 0 Å². The molecule has 5 nitrogen and oxygen atoms in total. The van der Waals surface area contributed by atoms with Gasteiger partial charge in [-0.3, -0.25) is 4.72 Å². The van der Waals surface area contributed by atoms with Crippen LogP contribution in [0.3, 0.4) is 0 Å². The normalized spacial score (nSPS) is 11.9. The van der Waals surface area contributed by atoms with E-state index >= 15 is 4.57 Å². The summed E-state index contributed by atoms with van der Waals surface area (Å²) >= 11 is 0. The van der Waals surface area contributed by atoms with E-state index in [9.17, 15) is 8.42 Å². The van der Waals surface area contributed by atoms with Crippen molar-refractivity contribution >= 4 is 49.8 Å². The molecule has 0 unspecified atom stereocenters. The van der Waals surface area contributed by atoms with E-state index in [-0.39, 0.29) is 10.7 Å². The first kappa shape index (κ1) is 24.8. The van der Waals surface area contributed by atoms with Crippen LogP contribution in [0.5, 0.6) is 0 Å². The van der Waals surface area contributed by atoms with E-state index in [1.165, 1.54) is 0 Å². The highest BCUT2D eigenvalue weighted by Gasteiger charge is 2.37. The number of allylic oxidation sites excluding steroid dienone is 1. The maximum atomic E-state index is 15.5. The van der Waals surface area contributed by atoms with Crippen LogP contribution in [0.25, 0.3) is 10.9 Å². The van der Waals surface area contributed by atoms with E-state index < -0.39 is 17.2 Å². The molecule has 1 heterocycles. The first-order chi connectivity index (χ1) is 17.9. The Bertz CT molecular complexity index is 1680. The standard InChI is InChI=1S/C30H27N2O3PS/c1-3-22-32-28-17-11-10-16-27(28)29(30(32)31-37(34,35)26-20-18-23(2)19-21-26)36(33,24-12-6-4-7-13-24)25-14-8-5-9-15-25/h3-21,31H,1,22H2,2H3. The number of hydrogen-bond donors (Lipinski definition) is 1. The van der Waals surface area contributed by atoms with Gasteiger partial charge in [-0.1, -0.05) is 103 Å². The van der Waals surface area contributed by atoms with E-state index in [0.29, 0.717) is 22.5 Å². The molecule has 1 aromatic heterocycles. The summed E-state index contributed by atoms with van der Waals surface area (Å²) in [5.41, 5.74) is 1.73. The summed E-state index contributed by atoms with van der Waals surface area (Å²) in [5.74, 6) is 0.276. The minimum Gasteiger partial charge on any atom is -0.322 e. The lowest BCUT2D eigenvalue weighted by Crippen LogP contribution is -2.28. The van der Waals surface area contributed by atoms with Crippen LogP contribution in [-0.4, -0.2) is 13.0 Å². The van der Waals surface area contributed by atoms with Crippen LogP contribution < -0.4 is 20.6 Å². The third-order valence-electron chi connectivity index (χ3n) is 6.37. The highest BCUT2D eigenvalue weighted by molar-refractivity contribution is 7.93. The Morgan fingerprint density at radius 3 is 1.92 bits per heavy atom. The summed E-state index contributed by atoms with van der Waals surface area (Å²) in [5, 5.41) is 2.43. The zero-order valence-corrected chi connectivity index (χ0v) is 22.1. The number of hydrogen-bond acceptors (Lipinski definition) is 3. The van der Waals surface area contributed by atoms with Crippen molar-refractivity contribution in [2.45, 2.75) is 18.4 Å². The van der Waals surface area contributed by atoms with Gasteiger partial charge in [0.25, 0.3) is 10.0 Å². The quantitative estimate of drug-likeness (QED) is 0.212. The zero-order chi connectivity index (χ0) is 26.0. The molecule has 5 rings (SSSR count). The average molecular weight is 527 g/mol. The smallest absolute Gasteiger partial charge is 0.263 e. The first-order valence-corrected chi connectivity index (χ1v) is 15.1. The zero-order valence-electron chi connectivity index (χ0n) is 20.4. The van der Waals surface area contributed by atoms with E-state index in [2.05, 4.69) is 11.3 Å². The topological polar surface area (TPSA) is 68.2 Å². The number of aryl methyl sites for hydroxylation is 1. The second-order valence-electron chi connectivity index (χ2n) is 8.81. The number of aromatic nitrogens is 1. The second kappa shape index (κ2) is 9.89. The Kier molecular flexibility index (Phi) is 6.63. The van der Waals surface area contributed by atoms with Crippen LogP contribution in [0, 0.1) is 6.92 Å². The molecule has 0 fully saturated rings. The molecule has 0 spiro atoms. The number of sulfonamides is 1. The number of para-hydroxylation sites is 1. The van der Waals surface area contributed by atoms with E-state index in [4.69, 9.17) is 0 Å². The fourth-order valence-electron chi connectivity index (χ4n) is 4.61. The number of benzene rings is 4. The van der Waals surface area contributed by atoms with E-state index in [1.807, 2.05) is 96.4 Å². The molecule has 0 saturated heterocycles.